The quantitative estimate of drug-likeness (QED) is 0.891. The van der Waals surface area contributed by atoms with Gasteiger partial charge in [-0.15, -0.1) is 0 Å². The lowest BCUT2D eigenvalue weighted by Crippen LogP contribution is -2.32. The van der Waals surface area contributed by atoms with Gasteiger partial charge in [0.1, 0.15) is 0 Å². The molecule has 1 unspecified atom stereocenters. The Morgan fingerprint density at radius 3 is 2.41 bits per heavy atom. The Kier molecular flexibility index (Phi) is 5.28. The van der Waals surface area contributed by atoms with Crippen molar-refractivity contribution in [2.75, 3.05) is 6.54 Å². The first-order valence-electron chi connectivity index (χ1n) is 7.54. The van der Waals surface area contributed by atoms with Gasteiger partial charge in [0.25, 0.3) is 5.91 Å². The minimum atomic E-state index is -0.220. The number of rotatable bonds is 5. The van der Waals surface area contributed by atoms with Crippen molar-refractivity contribution in [1.82, 2.24) is 10.3 Å². The van der Waals surface area contributed by atoms with Crippen LogP contribution in [0.5, 0.6) is 0 Å². The molecule has 0 fully saturated rings. The Labute approximate surface area is 131 Å². The number of benzene rings is 1. The number of nitrogens with zero attached hydrogens (tertiary/aromatic N) is 1. The molecule has 0 saturated carbocycles. The lowest BCUT2D eigenvalue weighted by Gasteiger charge is -2.15. The number of nitrogens with two attached hydrogens (primary N) is 1. The smallest absolute Gasteiger partial charge is 0.253 e. The fourth-order valence-corrected chi connectivity index (χ4v) is 2.27. The predicted octanol–water partition coefficient (Wildman–Crippen LogP) is 2.94. The van der Waals surface area contributed by atoms with Crippen LogP contribution in [0, 0.1) is 6.92 Å². The van der Waals surface area contributed by atoms with E-state index in [2.05, 4.69) is 36.3 Å². The Bertz CT molecular complexity index is 635. The number of hydrogen-bond acceptors (Lipinski definition) is 3. The number of amides is 1. The summed E-state index contributed by atoms with van der Waals surface area (Å²) in [6, 6.07) is 11.5. The molecule has 1 atom stereocenters. The molecule has 0 radical (unpaired) electrons. The van der Waals surface area contributed by atoms with Gasteiger partial charge in [0, 0.05) is 24.5 Å². The highest BCUT2D eigenvalue weighted by molar-refractivity contribution is 5.95. The lowest BCUT2D eigenvalue weighted by atomic mass is 9.99. The number of aryl methyl sites for hydroxylation is 1. The molecule has 2 rings (SSSR count). The van der Waals surface area contributed by atoms with Crippen LogP contribution < -0.4 is 11.1 Å². The fourth-order valence-electron chi connectivity index (χ4n) is 2.27. The van der Waals surface area contributed by atoms with Crippen LogP contribution in [-0.4, -0.2) is 17.4 Å². The first-order chi connectivity index (χ1) is 10.5. The van der Waals surface area contributed by atoms with E-state index in [-0.39, 0.29) is 11.9 Å². The molecule has 0 saturated heterocycles. The van der Waals surface area contributed by atoms with E-state index >= 15 is 0 Å². The maximum atomic E-state index is 12.1. The van der Waals surface area contributed by atoms with Crippen LogP contribution in [0.4, 0.5) is 0 Å². The van der Waals surface area contributed by atoms with Crippen LogP contribution >= 0.6 is 0 Å². The average molecular weight is 297 g/mol. The van der Waals surface area contributed by atoms with Crippen molar-refractivity contribution in [3.8, 4) is 0 Å². The second-order valence-corrected chi connectivity index (χ2v) is 5.77. The number of aromatic nitrogens is 1. The second kappa shape index (κ2) is 7.18. The topological polar surface area (TPSA) is 68.0 Å². The summed E-state index contributed by atoms with van der Waals surface area (Å²) in [6.07, 6.45) is 1.67. The number of carbonyl (C=O) groups is 1. The average Bonchev–Trinajstić information content (AvgIpc) is 2.52. The van der Waals surface area contributed by atoms with Crippen molar-refractivity contribution < 1.29 is 4.79 Å². The number of nitrogens with one attached hydrogen (secondary N) is 1. The Morgan fingerprint density at radius 2 is 1.82 bits per heavy atom. The van der Waals surface area contributed by atoms with Gasteiger partial charge in [-0.05, 0) is 36.1 Å². The van der Waals surface area contributed by atoms with Crippen LogP contribution in [0.15, 0.2) is 42.6 Å². The molecule has 0 aliphatic heterocycles. The van der Waals surface area contributed by atoms with Gasteiger partial charge in [-0.2, -0.15) is 0 Å². The van der Waals surface area contributed by atoms with Crippen molar-refractivity contribution in [1.29, 1.82) is 0 Å². The zero-order valence-electron chi connectivity index (χ0n) is 13.3. The summed E-state index contributed by atoms with van der Waals surface area (Å²) in [6.45, 7) is 6.53. The van der Waals surface area contributed by atoms with E-state index in [4.69, 9.17) is 5.73 Å². The Balaban J connectivity index is 1.96. The molecule has 3 N–H and O–H groups in total. The summed E-state index contributed by atoms with van der Waals surface area (Å²) in [5.41, 5.74) is 9.76. The predicted molar refractivity (Wildman–Crippen MR) is 88.8 cm³/mol. The molecule has 0 aliphatic carbocycles. The molecule has 22 heavy (non-hydrogen) atoms. The fraction of sp³-hybridized carbons (Fsp3) is 0.333. The van der Waals surface area contributed by atoms with Crippen molar-refractivity contribution in [3.05, 3.63) is 65.0 Å². The van der Waals surface area contributed by atoms with Crippen LogP contribution in [0.2, 0.25) is 0 Å². The Hall–Kier alpha value is -2.20. The molecule has 4 nitrogen and oxygen atoms in total. The molecule has 2 aromatic rings. The normalized spacial score (nSPS) is 12.2. The van der Waals surface area contributed by atoms with E-state index in [0.29, 0.717) is 18.0 Å². The molecule has 4 heteroatoms. The van der Waals surface area contributed by atoms with E-state index in [0.717, 1.165) is 11.3 Å². The maximum absolute atomic E-state index is 12.1. The molecule has 0 bridgehead atoms. The van der Waals surface area contributed by atoms with Crippen LogP contribution in [0.1, 0.15) is 53.0 Å². The maximum Gasteiger partial charge on any atom is 0.253 e. The molecule has 1 aromatic carbocycles. The second-order valence-electron chi connectivity index (χ2n) is 5.77. The first-order valence-corrected chi connectivity index (χ1v) is 7.54. The van der Waals surface area contributed by atoms with Crippen molar-refractivity contribution in [2.45, 2.75) is 32.7 Å². The third kappa shape index (κ3) is 3.92. The van der Waals surface area contributed by atoms with Gasteiger partial charge in [-0.25, -0.2) is 0 Å². The number of hydrogen-bond donors (Lipinski definition) is 2. The SMILES string of the molecule is Cc1ncccc1C(=O)NCC(N)c1ccc(C(C)C)cc1. The molecule has 1 amide bonds. The third-order valence-corrected chi connectivity index (χ3v) is 3.77. The molecule has 0 spiro atoms. The van der Waals surface area contributed by atoms with Crippen molar-refractivity contribution in [3.63, 3.8) is 0 Å². The highest BCUT2D eigenvalue weighted by Crippen LogP contribution is 2.17. The highest BCUT2D eigenvalue weighted by atomic mass is 16.1. The molecule has 116 valence electrons. The first kappa shape index (κ1) is 16.2. The van der Waals surface area contributed by atoms with Crippen molar-refractivity contribution >= 4 is 5.91 Å². The van der Waals surface area contributed by atoms with Gasteiger partial charge in [0.2, 0.25) is 0 Å². The van der Waals surface area contributed by atoms with E-state index in [1.165, 1.54) is 5.56 Å². The zero-order chi connectivity index (χ0) is 16.1. The van der Waals surface area contributed by atoms with Gasteiger partial charge in [0.05, 0.1) is 5.56 Å². The zero-order valence-corrected chi connectivity index (χ0v) is 13.3. The number of pyridine rings is 1. The van der Waals surface area contributed by atoms with E-state index in [1.807, 2.05) is 19.1 Å². The standard InChI is InChI=1S/C18H23N3O/c1-12(2)14-6-8-15(9-7-14)17(19)11-21-18(22)16-5-4-10-20-13(16)3/h4-10,12,17H,11,19H2,1-3H3,(H,21,22). The summed E-state index contributed by atoms with van der Waals surface area (Å²) in [5.74, 6) is 0.360. The minimum Gasteiger partial charge on any atom is -0.350 e. The van der Waals surface area contributed by atoms with Gasteiger partial charge in [0.15, 0.2) is 0 Å². The third-order valence-electron chi connectivity index (χ3n) is 3.77. The summed E-state index contributed by atoms with van der Waals surface area (Å²) in [4.78, 5) is 16.3. The summed E-state index contributed by atoms with van der Waals surface area (Å²) in [7, 11) is 0. The summed E-state index contributed by atoms with van der Waals surface area (Å²) in [5, 5.41) is 2.87. The lowest BCUT2D eigenvalue weighted by molar-refractivity contribution is 0.0950. The Morgan fingerprint density at radius 1 is 1.18 bits per heavy atom. The van der Waals surface area contributed by atoms with Crippen LogP contribution in [-0.2, 0) is 0 Å². The van der Waals surface area contributed by atoms with E-state index < -0.39 is 0 Å². The van der Waals surface area contributed by atoms with Gasteiger partial charge < -0.3 is 11.1 Å². The summed E-state index contributed by atoms with van der Waals surface area (Å²) >= 11 is 0. The van der Waals surface area contributed by atoms with E-state index in [1.54, 1.807) is 18.3 Å². The van der Waals surface area contributed by atoms with Gasteiger partial charge >= 0.3 is 0 Å². The molecule has 0 aliphatic rings. The largest absolute Gasteiger partial charge is 0.350 e. The van der Waals surface area contributed by atoms with Crippen LogP contribution in [0.25, 0.3) is 0 Å². The van der Waals surface area contributed by atoms with Crippen molar-refractivity contribution in [2.24, 2.45) is 5.73 Å². The van der Waals surface area contributed by atoms with Gasteiger partial charge in [-0.1, -0.05) is 38.1 Å². The van der Waals surface area contributed by atoms with E-state index in [9.17, 15) is 4.79 Å². The number of carbonyl (C=O) groups excluding carboxylic acids is 1. The summed E-state index contributed by atoms with van der Waals surface area (Å²) < 4.78 is 0. The molecule has 1 aromatic heterocycles. The van der Waals surface area contributed by atoms with Crippen LogP contribution in [0.3, 0.4) is 0 Å². The molecular weight excluding hydrogens is 274 g/mol. The minimum absolute atomic E-state index is 0.139. The monoisotopic (exact) mass is 297 g/mol. The van der Waals surface area contributed by atoms with Gasteiger partial charge in [-0.3, -0.25) is 9.78 Å². The molecule has 1 heterocycles. The molecular formula is C18H23N3O. The highest BCUT2D eigenvalue weighted by Gasteiger charge is 2.12.